The molecule has 9 nitrogen and oxygen atoms in total. The zero-order valence-corrected chi connectivity index (χ0v) is 16.9. The van der Waals surface area contributed by atoms with E-state index in [0.717, 1.165) is 5.69 Å². The van der Waals surface area contributed by atoms with Crippen LogP contribution in [-0.4, -0.2) is 58.7 Å². The summed E-state index contributed by atoms with van der Waals surface area (Å²) in [4.78, 5) is 23.0. The number of aliphatic imine (C=N–C) groups is 1. The van der Waals surface area contributed by atoms with E-state index >= 15 is 0 Å². The average Bonchev–Trinajstić information content (AvgIpc) is 2.83. The molecule has 0 spiro atoms. The Balaban J connectivity index is 1.63. The van der Waals surface area contributed by atoms with Gasteiger partial charge in [0.1, 0.15) is 24.2 Å². The van der Waals surface area contributed by atoms with Gasteiger partial charge < -0.3 is 24.6 Å². The summed E-state index contributed by atoms with van der Waals surface area (Å²) in [5.74, 6) is 0.304. The van der Waals surface area contributed by atoms with Crippen LogP contribution >= 0.6 is 6.72 Å². The van der Waals surface area contributed by atoms with Gasteiger partial charge in [-0.1, -0.05) is 6.92 Å². The largest absolute Gasteiger partial charge is 0.382 e. The Morgan fingerprint density at radius 1 is 1.44 bits per heavy atom. The number of nitrogen functional groups attached to an aromatic ring is 1. The Bertz CT molecular complexity index is 811. The van der Waals surface area contributed by atoms with Crippen LogP contribution in [0.3, 0.4) is 0 Å². The molecule has 2 saturated heterocycles. The molecule has 0 radical (unpaired) electrons. The van der Waals surface area contributed by atoms with Crippen LogP contribution in [0.2, 0.25) is 0 Å². The van der Waals surface area contributed by atoms with Crippen molar-refractivity contribution < 1.29 is 23.4 Å². The van der Waals surface area contributed by atoms with Crippen LogP contribution in [0.4, 0.5) is 11.5 Å². The summed E-state index contributed by atoms with van der Waals surface area (Å²) in [5.41, 5.74) is 6.71. The summed E-state index contributed by atoms with van der Waals surface area (Å²) in [6.07, 6.45) is 4.08. The number of hydrogen-bond acceptors (Lipinski definition) is 9. The molecule has 0 aliphatic carbocycles. The third-order valence-electron chi connectivity index (χ3n) is 5.60. The molecule has 148 valence electrons. The molecule has 6 unspecified atom stereocenters. The van der Waals surface area contributed by atoms with Gasteiger partial charge in [0.2, 0.25) is 0 Å². The minimum absolute atomic E-state index is 0.0616. The second-order valence-electron chi connectivity index (χ2n) is 6.96. The van der Waals surface area contributed by atoms with Gasteiger partial charge in [0.05, 0.1) is 24.0 Å². The summed E-state index contributed by atoms with van der Waals surface area (Å²) >= 11 is 5.07. The SMILES string of the molecule is CCC12CCOC(C(C3C=Nc4c(N)ncnc4C3)O1)C2OP(O)(=S)OC. The lowest BCUT2D eigenvalue weighted by atomic mass is 9.84. The van der Waals surface area contributed by atoms with E-state index in [9.17, 15) is 4.89 Å². The lowest BCUT2D eigenvalue weighted by molar-refractivity contribution is -0.114. The van der Waals surface area contributed by atoms with Crippen molar-refractivity contribution in [3.63, 3.8) is 0 Å². The van der Waals surface area contributed by atoms with E-state index in [4.69, 9.17) is 36.1 Å². The molecule has 0 aromatic carbocycles. The summed E-state index contributed by atoms with van der Waals surface area (Å²) in [6.45, 7) is -0.760. The van der Waals surface area contributed by atoms with Crippen LogP contribution in [0.5, 0.6) is 0 Å². The Kier molecular flexibility index (Phi) is 5.09. The summed E-state index contributed by atoms with van der Waals surface area (Å²) in [5, 5.41) is 0. The lowest BCUT2D eigenvalue weighted by Gasteiger charge is -2.39. The van der Waals surface area contributed by atoms with E-state index in [1.54, 1.807) is 0 Å². The maximum atomic E-state index is 10.2. The highest BCUT2D eigenvalue weighted by Crippen LogP contribution is 2.54. The van der Waals surface area contributed by atoms with E-state index in [-0.39, 0.29) is 18.1 Å². The molecule has 27 heavy (non-hydrogen) atoms. The highest BCUT2D eigenvalue weighted by molar-refractivity contribution is 8.07. The topological polar surface area (TPSA) is 121 Å². The minimum Gasteiger partial charge on any atom is -0.382 e. The smallest absolute Gasteiger partial charge is 0.324 e. The lowest BCUT2D eigenvalue weighted by Crippen LogP contribution is -2.50. The molecule has 11 heteroatoms. The Labute approximate surface area is 162 Å². The third kappa shape index (κ3) is 3.33. The molecule has 1 aromatic rings. The van der Waals surface area contributed by atoms with Gasteiger partial charge in [-0.15, -0.1) is 0 Å². The molecular formula is C16H23N4O5PS. The van der Waals surface area contributed by atoms with Crippen molar-refractivity contribution in [2.45, 2.75) is 50.1 Å². The summed E-state index contributed by atoms with van der Waals surface area (Å²) in [7, 11) is 1.35. The number of anilines is 1. The van der Waals surface area contributed by atoms with Gasteiger partial charge in [-0.25, -0.2) is 9.97 Å². The van der Waals surface area contributed by atoms with Crippen molar-refractivity contribution in [2.24, 2.45) is 10.9 Å². The van der Waals surface area contributed by atoms with Gasteiger partial charge in [-0.2, -0.15) is 0 Å². The molecular weight excluding hydrogens is 391 g/mol. The van der Waals surface area contributed by atoms with Crippen molar-refractivity contribution in [3.05, 3.63) is 12.0 Å². The third-order valence-corrected chi connectivity index (χ3v) is 7.26. The number of ether oxygens (including phenoxy) is 2. The average molecular weight is 414 g/mol. The van der Waals surface area contributed by atoms with Crippen LogP contribution in [0.1, 0.15) is 25.5 Å². The maximum Gasteiger partial charge on any atom is 0.324 e. The van der Waals surface area contributed by atoms with Gasteiger partial charge in [0, 0.05) is 32.1 Å². The van der Waals surface area contributed by atoms with Gasteiger partial charge in [0.25, 0.3) is 0 Å². The monoisotopic (exact) mass is 414 g/mol. The fraction of sp³-hybridized carbons (Fsp3) is 0.688. The van der Waals surface area contributed by atoms with E-state index < -0.39 is 18.4 Å². The van der Waals surface area contributed by atoms with Crippen LogP contribution < -0.4 is 5.73 Å². The molecule has 4 rings (SSSR count). The Hall–Kier alpha value is -1.00. The van der Waals surface area contributed by atoms with Crippen molar-refractivity contribution in [1.82, 2.24) is 9.97 Å². The molecule has 0 saturated carbocycles. The van der Waals surface area contributed by atoms with Crippen molar-refractivity contribution in [3.8, 4) is 0 Å². The highest BCUT2D eigenvalue weighted by Gasteiger charge is 2.60. The quantitative estimate of drug-likeness (QED) is 0.691. The molecule has 2 fully saturated rings. The first kappa shape index (κ1) is 19.3. The standard InChI is InChI=1S/C16H23N4O5PS/c1-3-16-4-5-23-13(14(16)25-26(21,27)22-2)12(24-16)9-6-10-11(18-7-9)15(17)20-8-19-10/h7-9,12-14H,3-6H2,1-2H3,(H,21,27)(H2,17,19,20). The molecule has 3 aliphatic rings. The maximum absolute atomic E-state index is 10.2. The second-order valence-corrected chi connectivity index (χ2v) is 9.86. The van der Waals surface area contributed by atoms with Gasteiger partial charge in [0.15, 0.2) is 5.82 Å². The van der Waals surface area contributed by atoms with E-state index in [1.807, 2.05) is 13.1 Å². The van der Waals surface area contributed by atoms with Crippen molar-refractivity contribution >= 4 is 36.2 Å². The number of rotatable bonds is 5. The van der Waals surface area contributed by atoms with E-state index in [1.165, 1.54) is 13.4 Å². The van der Waals surface area contributed by atoms with Gasteiger partial charge in [-0.3, -0.25) is 9.52 Å². The van der Waals surface area contributed by atoms with Gasteiger partial charge >= 0.3 is 6.72 Å². The van der Waals surface area contributed by atoms with Crippen LogP contribution in [0.15, 0.2) is 11.3 Å². The first-order valence-corrected chi connectivity index (χ1v) is 11.5. The van der Waals surface area contributed by atoms with E-state index in [0.29, 0.717) is 37.4 Å². The number of hydrogen-bond donors (Lipinski definition) is 2. The molecule has 0 amide bonds. The Morgan fingerprint density at radius 2 is 2.26 bits per heavy atom. The normalized spacial score (nSPS) is 37.0. The predicted molar refractivity (Wildman–Crippen MR) is 102 cm³/mol. The number of aromatic nitrogens is 2. The van der Waals surface area contributed by atoms with Crippen LogP contribution in [0.25, 0.3) is 0 Å². The van der Waals surface area contributed by atoms with E-state index in [2.05, 4.69) is 15.0 Å². The minimum atomic E-state index is -3.36. The number of fused-ring (bicyclic) bond motifs is 3. The Morgan fingerprint density at radius 3 is 3.00 bits per heavy atom. The summed E-state index contributed by atoms with van der Waals surface area (Å²) < 4.78 is 23.3. The molecule has 1 aromatic heterocycles. The predicted octanol–water partition coefficient (Wildman–Crippen LogP) is 1.52. The highest BCUT2D eigenvalue weighted by atomic mass is 32.5. The van der Waals surface area contributed by atoms with Crippen LogP contribution in [0, 0.1) is 5.92 Å². The zero-order chi connectivity index (χ0) is 19.2. The number of nitrogens with two attached hydrogens (primary N) is 1. The van der Waals surface area contributed by atoms with Gasteiger partial charge in [-0.05, 0) is 18.2 Å². The fourth-order valence-corrected chi connectivity index (χ4v) is 5.09. The molecule has 6 atom stereocenters. The molecule has 3 N–H and O–H groups in total. The zero-order valence-electron chi connectivity index (χ0n) is 15.1. The van der Waals surface area contributed by atoms with Crippen molar-refractivity contribution in [1.29, 1.82) is 0 Å². The second kappa shape index (κ2) is 7.11. The first-order chi connectivity index (χ1) is 12.9. The van der Waals surface area contributed by atoms with Crippen LogP contribution in [-0.2, 0) is 36.7 Å². The molecule has 4 heterocycles. The molecule has 2 bridgehead atoms. The number of nitrogens with zero attached hydrogens (tertiary/aromatic N) is 3. The first-order valence-electron chi connectivity index (χ1n) is 8.89. The van der Waals surface area contributed by atoms with Crippen molar-refractivity contribution in [2.75, 3.05) is 19.5 Å². The summed E-state index contributed by atoms with van der Waals surface area (Å²) in [6, 6.07) is 0. The fourth-order valence-electron chi connectivity index (χ4n) is 4.13. The molecule has 3 aliphatic heterocycles.